The molecule has 0 aliphatic heterocycles. The second-order valence-corrected chi connectivity index (χ2v) is 4.31. The molecule has 0 bridgehead atoms. The lowest BCUT2D eigenvalue weighted by molar-refractivity contribution is 0.210. The first-order valence-electron chi connectivity index (χ1n) is 6.02. The van der Waals surface area contributed by atoms with Crippen LogP contribution in [0.5, 0.6) is 5.88 Å². The van der Waals surface area contributed by atoms with E-state index in [-0.39, 0.29) is 6.10 Å². The van der Waals surface area contributed by atoms with Gasteiger partial charge < -0.3 is 10.5 Å². The molecule has 3 rings (SSSR count). The van der Waals surface area contributed by atoms with E-state index in [0.717, 1.165) is 0 Å². The van der Waals surface area contributed by atoms with Crippen molar-refractivity contribution in [2.24, 2.45) is 7.05 Å². The summed E-state index contributed by atoms with van der Waals surface area (Å²) in [5, 5.41) is 4.79. The Morgan fingerprint density at radius 1 is 1.25 bits per heavy atom. The average Bonchev–Trinajstić information content (AvgIpc) is 2.86. The molecule has 0 saturated carbocycles. The molecule has 3 aromatic heterocycles. The molecule has 1 atom stereocenters. The fraction of sp³-hybridized carbons (Fsp3) is 0.250. The van der Waals surface area contributed by atoms with Crippen molar-refractivity contribution in [3.8, 4) is 5.88 Å². The fourth-order valence-electron chi connectivity index (χ4n) is 1.85. The Morgan fingerprint density at radius 3 is 2.85 bits per heavy atom. The van der Waals surface area contributed by atoms with Crippen LogP contribution in [-0.2, 0) is 7.05 Å². The number of hydrogen-bond acceptors (Lipinski definition) is 7. The molecule has 0 spiro atoms. The summed E-state index contributed by atoms with van der Waals surface area (Å²) in [7, 11) is 1.80. The number of nitrogens with zero attached hydrogens (tertiary/aromatic N) is 6. The van der Waals surface area contributed by atoms with Gasteiger partial charge in [-0.05, 0) is 13.0 Å². The molecule has 0 aliphatic carbocycles. The number of fused-ring (bicyclic) bond motifs is 1. The smallest absolute Gasteiger partial charge is 0.227 e. The monoisotopic (exact) mass is 271 g/mol. The van der Waals surface area contributed by atoms with Crippen LogP contribution in [0.25, 0.3) is 10.9 Å². The van der Waals surface area contributed by atoms with Gasteiger partial charge in [-0.3, -0.25) is 4.68 Å². The van der Waals surface area contributed by atoms with E-state index < -0.39 is 0 Å². The van der Waals surface area contributed by atoms with Crippen LogP contribution < -0.4 is 10.5 Å². The lowest BCUT2D eigenvalue weighted by Crippen LogP contribution is -2.08. The number of aryl methyl sites for hydroxylation is 1. The van der Waals surface area contributed by atoms with Crippen molar-refractivity contribution in [2.45, 2.75) is 13.0 Å². The number of ether oxygens (including phenoxy) is 1. The predicted molar refractivity (Wildman–Crippen MR) is 71.8 cm³/mol. The van der Waals surface area contributed by atoms with Crippen LogP contribution in [0.15, 0.2) is 24.9 Å². The van der Waals surface area contributed by atoms with E-state index in [2.05, 4.69) is 25.0 Å². The summed E-state index contributed by atoms with van der Waals surface area (Å²) in [5.74, 6) is 1.28. The van der Waals surface area contributed by atoms with E-state index in [4.69, 9.17) is 10.5 Å². The third kappa shape index (κ3) is 2.11. The molecule has 102 valence electrons. The highest BCUT2D eigenvalue weighted by Gasteiger charge is 2.16. The molecule has 0 fully saturated rings. The van der Waals surface area contributed by atoms with E-state index >= 15 is 0 Å². The first kappa shape index (κ1) is 12.3. The maximum absolute atomic E-state index is 5.87. The second-order valence-electron chi connectivity index (χ2n) is 4.31. The highest BCUT2D eigenvalue weighted by molar-refractivity contribution is 5.91. The molecule has 0 aliphatic rings. The molecule has 0 radical (unpaired) electrons. The zero-order chi connectivity index (χ0) is 14.1. The van der Waals surface area contributed by atoms with E-state index in [1.165, 1.54) is 6.33 Å². The molecule has 3 heterocycles. The molecule has 8 heteroatoms. The molecule has 0 amide bonds. The Bertz CT molecular complexity index is 749. The molecule has 0 aromatic carbocycles. The minimum absolute atomic E-state index is 0.333. The van der Waals surface area contributed by atoms with Gasteiger partial charge in [0.05, 0.1) is 5.52 Å². The van der Waals surface area contributed by atoms with Gasteiger partial charge in [0.15, 0.2) is 11.9 Å². The molecule has 1 unspecified atom stereocenters. The van der Waals surface area contributed by atoms with Crippen LogP contribution in [0.3, 0.4) is 0 Å². The fourth-order valence-corrected chi connectivity index (χ4v) is 1.85. The number of nitrogens with two attached hydrogens (primary N) is 1. The van der Waals surface area contributed by atoms with Gasteiger partial charge in [0.25, 0.3) is 0 Å². The van der Waals surface area contributed by atoms with Crippen molar-refractivity contribution in [1.29, 1.82) is 0 Å². The number of hydrogen-bond donors (Lipinski definition) is 1. The van der Waals surface area contributed by atoms with Gasteiger partial charge in [0.1, 0.15) is 23.9 Å². The van der Waals surface area contributed by atoms with Crippen molar-refractivity contribution in [2.75, 3.05) is 5.73 Å². The van der Waals surface area contributed by atoms with Crippen molar-refractivity contribution in [3.63, 3.8) is 0 Å². The normalized spacial score (nSPS) is 12.5. The number of rotatable bonds is 3. The van der Waals surface area contributed by atoms with Crippen LogP contribution in [-0.4, -0.2) is 29.7 Å². The number of anilines is 1. The van der Waals surface area contributed by atoms with E-state index in [1.54, 1.807) is 30.3 Å². The number of nitrogen functional groups attached to an aromatic ring is 1. The first-order chi connectivity index (χ1) is 9.65. The van der Waals surface area contributed by atoms with E-state index in [0.29, 0.717) is 28.4 Å². The summed E-state index contributed by atoms with van der Waals surface area (Å²) < 4.78 is 7.41. The Hall–Kier alpha value is -2.77. The molecule has 3 aromatic rings. The van der Waals surface area contributed by atoms with Gasteiger partial charge in [-0.15, -0.1) is 0 Å². The Kier molecular flexibility index (Phi) is 2.90. The molecular weight excluding hydrogens is 258 g/mol. The Balaban J connectivity index is 1.99. The minimum atomic E-state index is -0.353. The topological polar surface area (TPSA) is 105 Å². The van der Waals surface area contributed by atoms with Crippen molar-refractivity contribution >= 4 is 16.7 Å². The van der Waals surface area contributed by atoms with Crippen LogP contribution in [0.1, 0.15) is 18.9 Å². The zero-order valence-corrected chi connectivity index (χ0v) is 11.1. The summed E-state index contributed by atoms with van der Waals surface area (Å²) in [6.45, 7) is 1.84. The minimum Gasteiger partial charge on any atom is -0.466 e. The van der Waals surface area contributed by atoms with E-state index in [9.17, 15) is 0 Å². The van der Waals surface area contributed by atoms with Gasteiger partial charge in [0, 0.05) is 13.2 Å². The third-order valence-corrected chi connectivity index (χ3v) is 2.81. The van der Waals surface area contributed by atoms with Crippen LogP contribution in [0.4, 0.5) is 5.82 Å². The lowest BCUT2D eigenvalue weighted by atomic mass is 10.3. The summed E-state index contributed by atoms with van der Waals surface area (Å²) in [6, 6.07) is 1.75. The highest BCUT2D eigenvalue weighted by atomic mass is 16.5. The molecule has 20 heavy (non-hydrogen) atoms. The Morgan fingerprint density at radius 2 is 2.10 bits per heavy atom. The van der Waals surface area contributed by atoms with E-state index in [1.807, 2.05) is 6.92 Å². The van der Waals surface area contributed by atoms with Crippen LogP contribution in [0, 0.1) is 0 Å². The molecule has 0 saturated heterocycles. The zero-order valence-electron chi connectivity index (χ0n) is 11.1. The summed E-state index contributed by atoms with van der Waals surface area (Å²) in [6.07, 6.45) is 4.28. The average molecular weight is 271 g/mol. The second kappa shape index (κ2) is 4.72. The highest BCUT2D eigenvalue weighted by Crippen LogP contribution is 2.28. The van der Waals surface area contributed by atoms with Gasteiger partial charge in [-0.1, -0.05) is 0 Å². The van der Waals surface area contributed by atoms with Gasteiger partial charge in [0.2, 0.25) is 5.88 Å². The maximum Gasteiger partial charge on any atom is 0.227 e. The number of pyridine rings is 1. The largest absolute Gasteiger partial charge is 0.466 e. The Labute approximate surface area is 114 Å². The standard InChI is InChI=1S/C12H13N7O/c1-7(11-17-6-19(2)18-11)20-12-9-8(3-4-14-12)15-5-16-10(9)13/h3-7H,1-2H3,(H2,13,15,16). The lowest BCUT2D eigenvalue weighted by Gasteiger charge is -2.12. The summed E-state index contributed by atoms with van der Waals surface area (Å²) >= 11 is 0. The first-order valence-corrected chi connectivity index (χ1v) is 6.02. The molecular formula is C12H13N7O. The van der Waals surface area contributed by atoms with Crippen LogP contribution >= 0.6 is 0 Å². The summed E-state index contributed by atoms with van der Waals surface area (Å²) in [5.41, 5.74) is 6.55. The molecule has 8 nitrogen and oxygen atoms in total. The third-order valence-electron chi connectivity index (χ3n) is 2.81. The van der Waals surface area contributed by atoms with Crippen molar-refractivity contribution < 1.29 is 4.74 Å². The van der Waals surface area contributed by atoms with Gasteiger partial charge in [-0.25, -0.2) is 19.9 Å². The number of aromatic nitrogens is 6. The van der Waals surface area contributed by atoms with Crippen molar-refractivity contribution in [3.05, 3.63) is 30.7 Å². The van der Waals surface area contributed by atoms with Crippen molar-refractivity contribution in [1.82, 2.24) is 29.7 Å². The predicted octanol–water partition coefficient (Wildman–Crippen LogP) is 0.876. The summed E-state index contributed by atoms with van der Waals surface area (Å²) in [4.78, 5) is 16.5. The quantitative estimate of drug-likeness (QED) is 0.753. The van der Waals surface area contributed by atoms with Crippen LogP contribution in [0.2, 0.25) is 0 Å². The van der Waals surface area contributed by atoms with Gasteiger partial charge in [-0.2, -0.15) is 5.10 Å². The maximum atomic E-state index is 5.87. The van der Waals surface area contributed by atoms with Gasteiger partial charge >= 0.3 is 0 Å². The molecule has 2 N–H and O–H groups in total. The SMILES string of the molecule is CC(Oc1nccc2ncnc(N)c12)c1ncn(C)n1.